The zero-order valence-corrected chi connectivity index (χ0v) is 12.3. The van der Waals surface area contributed by atoms with Gasteiger partial charge in [-0.25, -0.2) is 0 Å². The average molecular weight is 297 g/mol. The standard InChI is InChI=1S/C15H21ClN2O2/c16-13-1-3-14(4-2-13)17-15(20)7-10-18-8-5-12(11-19)6-9-18/h1-4,12,19H,5-11H2,(H,17,20). The molecule has 0 spiro atoms. The molecule has 4 nitrogen and oxygen atoms in total. The molecule has 0 aromatic heterocycles. The van der Waals surface area contributed by atoms with E-state index in [2.05, 4.69) is 10.2 Å². The van der Waals surface area contributed by atoms with Crippen LogP contribution in [0.15, 0.2) is 24.3 Å². The van der Waals surface area contributed by atoms with E-state index in [1.54, 1.807) is 24.3 Å². The third-order valence-corrected chi connectivity index (χ3v) is 4.00. The van der Waals surface area contributed by atoms with Crippen LogP contribution in [0.3, 0.4) is 0 Å². The summed E-state index contributed by atoms with van der Waals surface area (Å²) in [7, 11) is 0. The number of carbonyl (C=O) groups is 1. The molecule has 1 aliphatic heterocycles. The predicted molar refractivity (Wildman–Crippen MR) is 80.9 cm³/mol. The third-order valence-electron chi connectivity index (χ3n) is 3.75. The monoisotopic (exact) mass is 296 g/mol. The van der Waals surface area contributed by atoms with Gasteiger partial charge < -0.3 is 15.3 Å². The number of rotatable bonds is 5. The molecule has 2 rings (SSSR count). The number of piperidine rings is 1. The van der Waals surface area contributed by atoms with Gasteiger partial charge in [-0.1, -0.05) is 11.6 Å². The summed E-state index contributed by atoms with van der Waals surface area (Å²) >= 11 is 5.80. The molecule has 0 atom stereocenters. The molecule has 0 radical (unpaired) electrons. The van der Waals surface area contributed by atoms with Gasteiger partial charge in [-0.15, -0.1) is 0 Å². The fraction of sp³-hybridized carbons (Fsp3) is 0.533. The number of aliphatic hydroxyl groups is 1. The molecule has 1 aromatic rings. The van der Waals surface area contributed by atoms with E-state index in [0.29, 0.717) is 17.4 Å². The van der Waals surface area contributed by atoms with E-state index in [-0.39, 0.29) is 12.5 Å². The van der Waals surface area contributed by atoms with Crippen LogP contribution < -0.4 is 5.32 Å². The van der Waals surface area contributed by atoms with E-state index in [1.807, 2.05) is 0 Å². The molecule has 20 heavy (non-hydrogen) atoms. The Hall–Kier alpha value is -1.10. The number of nitrogens with one attached hydrogen (secondary N) is 1. The molecular formula is C15H21ClN2O2. The Labute approximate surface area is 124 Å². The number of benzene rings is 1. The Balaban J connectivity index is 1.69. The first kappa shape index (κ1) is 15.3. The molecule has 1 amide bonds. The van der Waals surface area contributed by atoms with Crippen molar-refractivity contribution in [3.8, 4) is 0 Å². The van der Waals surface area contributed by atoms with Crippen LogP contribution in [0.5, 0.6) is 0 Å². The summed E-state index contributed by atoms with van der Waals surface area (Å²) < 4.78 is 0. The van der Waals surface area contributed by atoms with E-state index in [9.17, 15) is 4.79 Å². The van der Waals surface area contributed by atoms with Crippen molar-refractivity contribution in [1.82, 2.24) is 4.90 Å². The number of hydrogen-bond acceptors (Lipinski definition) is 3. The van der Waals surface area contributed by atoms with Crippen molar-refractivity contribution in [3.05, 3.63) is 29.3 Å². The van der Waals surface area contributed by atoms with Crippen LogP contribution in [0.25, 0.3) is 0 Å². The minimum absolute atomic E-state index is 0.0246. The Bertz CT molecular complexity index is 428. The molecule has 0 saturated carbocycles. The zero-order chi connectivity index (χ0) is 14.4. The quantitative estimate of drug-likeness (QED) is 0.877. The van der Waals surface area contributed by atoms with Crippen LogP contribution in [-0.2, 0) is 4.79 Å². The second-order valence-corrected chi connectivity index (χ2v) is 5.71. The zero-order valence-electron chi connectivity index (χ0n) is 11.5. The molecule has 0 bridgehead atoms. The Morgan fingerprint density at radius 1 is 1.30 bits per heavy atom. The molecule has 1 aliphatic rings. The minimum atomic E-state index is 0.0246. The van der Waals surface area contributed by atoms with Crippen molar-refractivity contribution in [1.29, 1.82) is 0 Å². The maximum atomic E-state index is 11.8. The molecule has 1 aromatic carbocycles. The summed E-state index contributed by atoms with van der Waals surface area (Å²) in [4.78, 5) is 14.1. The maximum absolute atomic E-state index is 11.8. The van der Waals surface area contributed by atoms with Crippen LogP contribution in [0, 0.1) is 5.92 Å². The second-order valence-electron chi connectivity index (χ2n) is 5.27. The Kier molecular flexibility index (Phi) is 5.83. The molecule has 0 unspecified atom stereocenters. The largest absolute Gasteiger partial charge is 0.396 e. The summed E-state index contributed by atoms with van der Waals surface area (Å²) in [5.41, 5.74) is 0.776. The lowest BCUT2D eigenvalue weighted by Crippen LogP contribution is -2.36. The van der Waals surface area contributed by atoms with E-state index in [0.717, 1.165) is 38.2 Å². The highest BCUT2D eigenvalue weighted by Gasteiger charge is 2.18. The normalized spacial score (nSPS) is 17.1. The van der Waals surface area contributed by atoms with Crippen molar-refractivity contribution in [2.75, 3.05) is 31.6 Å². The lowest BCUT2D eigenvalue weighted by molar-refractivity contribution is -0.116. The highest BCUT2D eigenvalue weighted by Crippen LogP contribution is 2.17. The topological polar surface area (TPSA) is 52.6 Å². The smallest absolute Gasteiger partial charge is 0.225 e. The number of anilines is 1. The lowest BCUT2D eigenvalue weighted by atomic mass is 9.98. The summed E-state index contributed by atoms with van der Waals surface area (Å²) in [5.74, 6) is 0.464. The van der Waals surface area contributed by atoms with Crippen molar-refractivity contribution < 1.29 is 9.90 Å². The van der Waals surface area contributed by atoms with E-state index in [4.69, 9.17) is 16.7 Å². The minimum Gasteiger partial charge on any atom is -0.396 e. The summed E-state index contributed by atoms with van der Waals surface area (Å²) in [5, 5.41) is 12.6. The van der Waals surface area contributed by atoms with Crippen LogP contribution in [0.2, 0.25) is 5.02 Å². The summed E-state index contributed by atoms with van der Waals surface area (Å²) in [6.07, 6.45) is 2.54. The van der Waals surface area contributed by atoms with E-state index >= 15 is 0 Å². The van der Waals surface area contributed by atoms with Gasteiger partial charge in [0.15, 0.2) is 0 Å². The molecule has 1 heterocycles. The van der Waals surface area contributed by atoms with Crippen LogP contribution in [0.1, 0.15) is 19.3 Å². The van der Waals surface area contributed by atoms with Gasteiger partial charge in [-0.05, 0) is 56.1 Å². The number of halogens is 1. The molecule has 5 heteroatoms. The fourth-order valence-electron chi connectivity index (χ4n) is 2.41. The van der Waals surface area contributed by atoms with Crippen LogP contribution in [0.4, 0.5) is 5.69 Å². The van der Waals surface area contributed by atoms with Gasteiger partial charge in [0, 0.05) is 30.3 Å². The number of likely N-dealkylation sites (tertiary alicyclic amines) is 1. The lowest BCUT2D eigenvalue weighted by Gasteiger charge is -2.30. The van der Waals surface area contributed by atoms with Gasteiger partial charge in [0.25, 0.3) is 0 Å². The predicted octanol–water partition coefficient (Wildman–Crippen LogP) is 2.37. The first-order valence-corrected chi connectivity index (χ1v) is 7.44. The molecule has 2 N–H and O–H groups in total. The van der Waals surface area contributed by atoms with E-state index in [1.165, 1.54) is 0 Å². The molecule has 1 saturated heterocycles. The highest BCUT2D eigenvalue weighted by atomic mass is 35.5. The van der Waals surface area contributed by atoms with Gasteiger partial charge in [0.1, 0.15) is 0 Å². The van der Waals surface area contributed by atoms with Gasteiger partial charge in [-0.2, -0.15) is 0 Å². The highest BCUT2D eigenvalue weighted by molar-refractivity contribution is 6.30. The number of aliphatic hydroxyl groups excluding tert-OH is 1. The molecule has 0 aliphatic carbocycles. The Morgan fingerprint density at radius 2 is 1.95 bits per heavy atom. The fourth-order valence-corrected chi connectivity index (χ4v) is 2.53. The maximum Gasteiger partial charge on any atom is 0.225 e. The average Bonchev–Trinajstić information content (AvgIpc) is 2.48. The van der Waals surface area contributed by atoms with Crippen molar-refractivity contribution in [2.45, 2.75) is 19.3 Å². The summed E-state index contributed by atoms with van der Waals surface area (Å²) in [6.45, 7) is 3.00. The van der Waals surface area contributed by atoms with E-state index < -0.39 is 0 Å². The second kappa shape index (κ2) is 7.62. The molecule has 110 valence electrons. The molecule has 1 fully saturated rings. The van der Waals surface area contributed by atoms with Crippen molar-refractivity contribution in [3.63, 3.8) is 0 Å². The van der Waals surface area contributed by atoms with Gasteiger partial charge in [-0.3, -0.25) is 4.79 Å². The van der Waals surface area contributed by atoms with Crippen molar-refractivity contribution in [2.24, 2.45) is 5.92 Å². The summed E-state index contributed by atoms with van der Waals surface area (Å²) in [6, 6.07) is 7.12. The number of hydrogen-bond donors (Lipinski definition) is 2. The van der Waals surface area contributed by atoms with Crippen molar-refractivity contribution >= 4 is 23.2 Å². The first-order valence-electron chi connectivity index (χ1n) is 7.06. The number of amides is 1. The van der Waals surface area contributed by atoms with Gasteiger partial charge >= 0.3 is 0 Å². The van der Waals surface area contributed by atoms with Gasteiger partial charge in [0.05, 0.1) is 0 Å². The molecular weight excluding hydrogens is 276 g/mol. The van der Waals surface area contributed by atoms with Gasteiger partial charge in [0.2, 0.25) is 5.91 Å². The number of nitrogens with zero attached hydrogens (tertiary/aromatic N) is 1. The van der Waals surface area contributed by atoms with Crippen LogP contribution >= 0.6 is 11.6 Å². The Morgan fingerprint density at radius 3 is 2.55 bits per heavy atom. The third kappa shape index (κ3) is 4.78. The first-order chi connectivity index (χ1) is 9.67. The SMILES string of the molecule is O=C(CCN1CCC(CO)CC1)Nc1ccc(Cl)cc1. The van der Waals surface area contributed by atoms with Crippen LogP contribution in [-0.4, -0.2) is 42.2 Å². The number of carbonyl (C=O) groups excluding carboxylic acids is 1.